The zero-order valence-electron chi connectivity index (χ0n) is 9.16. The molecule has 0 bridgehead atoms. The van der Waals surface area contributed by atoms with Crippen LogP contribution in [0.1, 0.15) is 25.5 Å². The van der Waals surface area contributed by atoms with E-state index in [2.05, 4.69) is 10.1 Å². The maximum Gasteiger partial charge on any atom is 0.312 e. The number of nitrogens with zero attached hydrogens (tertiary/aromatic N) is 3. The van der Waals surface area contributed by atoms with Crippen LogP contribution in [-0.4, -0.2) is 25.7 Å². The number of carbonyl (C=O) groups is 1. The molecule has 0 aliphatic heterocycles. The number of rotatable bonds is 3. The van der Waals surface area contributed by atoms with Gasteiger partial charge < -0.3 is 5.11 Å². The molecule has 5 heteroatoms. The van der Waals surface area contributed by atoms with Crippen molar-refractivity contribution in [3.63, 3.8) is 0 Å². The standard InChI is InChI=1S/C11H13N3O2/c1-7(2)10(11(15)16)8-6-9-12-4-3-5-14(9)13-8/h3-7,10H,1-2H3,(H,15,16). The quantitative estimate of drug-likeness (QED) is 0.850. The van der Waals surface area contributed by atoms with E-state index in [1.165, 1.54) is 0 Å². The lowest BCUT2D eigenvalue weighted by molar-refractivity contribution is -0.140. The third-order valence-corrected chi connectivity index (χ3v) is 2.51. The Kier molecular flexibility index (Phi) is 2.60. The van der Waals surface area contributed by atoms with Gasteiger partial charge in [-0.1, -0.05) is 13.8 Å². The summed E-state index contributed by atoms with van der Waals surface area (Å²) in [5.74, 6) is -1.43. The minimum Gasteiger partial charge on any atom is -0.481 e. The molecule has 1 unspecified atom stereocenters. The number of hydrogen-bond donors (Lipinski definition) is 1. The summed E-state index contributed by atoms with van der Waals surface area (Å²) < 4.78 is 1.59. The molecule has 0 aliphatic carbocycles. The highest BCUT2D eigenvalue weighted by Gasteiger charge is 2.26. The van der Waals surface area contributed by atoms with Crippen LogP contribution in [0.15, 0.2) is 24.5 Å². The lowest BCUT2D eigenvalue weighted by Gasteiger charge is -2.12. The largest absolute Gasteiger partial charge is 0.481 e. The molecular formula is C11H13N3O2. The Morgan fingerprint density at radius 2 is 2.25 bits per heavy atom. The van der Waals surface area contributed by atoms with Crippen LogP contribution in [0.4, 0.5) is 0 Å². The van der Waals surface area contributed by atoms with Gasteiger partial charge in [0.25, 0.3) is 0 Å². The van der Waals surface area contributed by atoms with Crippen molar-refractivity contribution in [3.8, 4) is 0 Å². The summed E-state index contributed by atoms with van der Waals surface area (Å²) in [7, 11) is 0. The van der Waals surface area contributed by atoms with Gasteiger partial charge >= 0.3 is 5.97 Å². The Hall–Kier alpha value is -1.91. The van der Waals surface area contributed by atoms with Crippen LogP contribution in [0.3, 0.4) is 0 Å². The van der Waals surface area contributed by atoms with Crippen LogP contribution in [0, 0.1) is 5.92 Å². The second-order valence-corrected chi connectivity index (χ2v) is 4.05. The van der Waals surface area contributed by atoms with E-state index in [9.17, 15) is 4.79 Å². The predicted molar refractivity (Wildman–Crippen MR) is 58.2 cm³/mol. The fourth-order valence-electron chi connectivity index (χ4n) is 1.75. The molecule has 0 saturated carbocycles. The number of aromatic nitrogens is 3. The first-order valence-corrected chi connectivity index (χ1v) is 5.12. The summed E-state index contributed by atoms with van der Waals surface area (Å²) in [6.45, 7) is 3.74. The molecule has 0 saturated heterocycles. The molecule has 16 heavy (non-hydrogen) atoms. The summed E-state index contributed by atoms with van der Waals surface area (Å²) in [6, 6.07) is 3.48. The van der Waals surface area contributed by atoms with Gasteiger partial charge in [0.15, 0.2) is 5.65 Å². The highest BCUT2D eigenvalue weighted by molar-refractivity contribution is 5.76. The highest BCUT2D eigenvalue weighted by Crippen LogP contribution is 2.23. The van der Waals surface area contributed by atoms with Gasteiger partial charge in [0.05, 0.1) is 5.69 Å². The SMILES string of the molecule is CC(C)C(C(=O)O)c1cc2ncccn2n1. The van der Waals surface area contributed by atoms with Crippen LogP contribution in [0.5, 0.6) is 0 Å². The molecule has 0 spiro atoms. The Balaban J connectivity index is 2.49. The van der Waals surface area contributed by atoms with Crippen molar-refractivity contribution in [3.05, 3.63) is 30.2 Å². The third kappa shape index (κ3) is 1.76. The van der Waals surface area contributed by atoms with Crippen molar-refractivity contribution < 1.29 is 9.90 Å². The smallest absolute Gasteiger partial charge is 0.312 e. The molecule has 0 amide bonds. The van der Waals surface area contributed by atoms with Crippen LogP contribution in [-0.2, 0) is 4.79 Å². The molecule has 2 rings (SSSR count). The minimum atomic E-state index is -0.849. The van der Waals surface area contributed by atoms with E-state index >= 15 is 0 Å². The maximum atomic E-state index is 11.1. The van der Waals surface area contributed by atoms with Gasteiger partial charge in [-0.2, -0.15) is 5.10 Å². The number of aliphatic carboxylic acids is 1. The average Bonchev–Trinajstić information content (AvgIpc) is 2.58. The molecule has 1 atom stereocenters. The first-order valence-electron chi connectivity index (χ1n) is 5.12. The Morgan fingerprint density at radius 3 is 2.81 bits per heavy atom. The summed E-state index contributed by atoms with van der Waals surface area (Å²) in [5.41, 5.74) is 1.23. The molecular weight excluding hydrogens is 206 g/mol. The number of fused-ring (bicyclic) bond motifs is 1. The first kappa shape index (κ1) is 10.6. The topological polar surface area (TPSA) is 67.5 Å². The second kappa shape index (κ2) is 3.92. The summed E-state index contributed by atoms with van der Waals surface area (Å²) in [6.07, 6.45) is 3.41. The van der Waals surface area contributed by atoms with Crippen molar-refractivity contribution in [2.45, 2.75) is 19.8 Å². The summed E-state index contributed by atoms with van der Waals surface area (Å²) in [5, 5.41) is 13.4. The zero-order valence-corrected chi connectivity index (χ0v) is 9.16. The molecule has 2 heterocycles. The van der Waals surface area contributed by atoms with Crippen molar-refractivity contribution >= 4 is 11.6 Å². The van der Waals surface area contributed by atoms with Gasteiger partial charge in [-0.25, -0.2) is 9.50 Å². The van der Waals surface area contributed by atoms with E-state index < -0.39 is 11.9 Å². The number of carboxylic acids is 1. The molecule has 84 valence electrons. The van der Waals surface area contributed by atoms with Crippen LogP contribution in [0.2, 0.25) is 0 Å². The lowest BCUT2D eigenvalue weighted by Crippen LogP contribution is -2.18. The Morgan fingerprint density at radius 1 is 1.50 bits per heavy atom. The fourth-order valence-corrected chi connectivity index (χ4v) is 1.75. The van der Waals surface area contributed by atoms with Gasteiger partial charge in [-0.3, -0.25) is 4.79 Å². The molecule has 0 aliphatic rings. The summed E-state index contributed by atoms with van der Waals surface area (Å²) >= 11 is 0. The van der Waals surface area contributed by atoms with Gasteiger partial charge in [-0.15, -0.1) is 0 Å². The van der Waals surface area contributed by atoms with Crippen molar-refractivity contribution in [1.82, 2.24) is 14.6 Å². The molecule has 2 aromatic heterocycles. The van der Waals surface area contributed by atoms with E-state index in [-0.39, 0.29) is 5.92 Å². The van der Waals surface area contributed by atoms with E-state index in [0.29, 0.717) is 11.3 Å². The average molecular weight is 219 g/mol. The van der Waals surface area contributed by atoms with Gasteiger partial charge in [0.1, 0.15) is 5.92 Å². The monoisotopic (exact) mass is 219 g/mol. The van der Waals surface area contributed by atoms with Gasteiger partial charge in [0.2, 0.25) is 0 Å². The van der Waals surface area contributed by atoms with Crippen molar-refractivity contribution in [2.75, 3.05) is 0 Å². The van der Waals surface area contributed by atoms with Gasteiger partial charge in [-0.05, 0) is 12.0 Å². The third-order valence-electron chi connectivity index (χ3n) is 2.51. The highest BCUT2D eigenvalue weighted by atomic mass is 16.4. The maximum absolute atomic E-state index is 11.1. The normalized spacial score (nSPS) is 13.2. The zero-order chi connectivity index (χ0) is 11.7. The van der Waals surface area contributed by atoms with Crippen LogP contribution >= 0.6 is 0 Å². The summed E-state index contributed by atoms with van der Waals surface area (Å²) in [4.78, 5) is 15.3. The lowest BCUT2D eigenvalue weighted by atomic mass is 9.93. The van der Waals surface area contributed by atoms with Crippen LogP contribution < -0.4 is 0 Å². The van der Waals surface area contributed by atoms with E-state index in [1.807, 2.05) is 13.8 Å². The first-order chi connectivity index (χ1) is 7.59. The molecule has 0 aromatic carbocycles. The minimum absolute atomic E-state index is 0.00223. The molecule has 5 nitrogen and oxygen atoms in total. The van der Waals surface area contributed by atoms with Gasteiger partial charge in [0, 0.05) is 18.5 Å². The Bertz CT molecular complexity index is 486. The fraction of sp³-hybridized carbons (Fsp3) is 0.364. The van der Waals surface area contributed by atoms with Crippen LogP contribution in [0.25, 0.3) is 5.65 Å². The van der Waals surface area contributed by atoms with E-state index in [4.69, 9.17) is 5.11 Å². The number of hydrogen-bond acceptors (Lipinski definition) is 3. The number of carboxylic acid groups (broad SMARTS) is 1. The molecule has 0 fully saturated rings. The molecule has 2 aromatic rings. The van der Waals surface area contributed by atoms with E-state index in [1.54, 1.807) is 29.0 Å². The molecule has 0 radical (unpaired) electrons. The Labute approximate surface area is 92.7 Å². The van der Waals surface area contributed by atoms with E-state index in [0.717, 1.165) is 0 Å². The molecule has 1 N–H and O–H groups in total. The second-order valence-electron chi connectivity index (χ2n) is 4.05. The predicted octanol–water partition coefficient (Wildman–Crippen LogP) is 1.55. The van der Waals surface area contributed by atoms with Crippen molar-refractivity contribution in [2.24, 2.45) is 5.92 Å². The van der Waals surface area contributed by atoms with Crippen molar-refractivity contribution in [1.29, 1.82) is 0 Å².